The predicted octanol–water partition coefficient (Wildman–Crippen LogP) is 2.38. The highest BCUT2D eigenvalue weighted by Gasteiger charge is 2.22. The average molecular weight is 372 g/mol. The molecule has 0 aliphatic carbocycles. The lowest BCUT2D eigenvalue weighted by Crippen LogP contribution is -2.46. The lowest BCUT2D eigenvalue weighted by Gasteiger charge is -2.28. The minimum Gasteiger partial charge on any atom is -0.444 e. The Morgan fingerprint density at radius 2 is 1.81 bits per heavy atom. The van der Waals surface area contributed by atoms with Gasteiger partial charge in [0.15, 0.2) is 5.96 Å². The number of carbonyl (C=O) groups excluding carboxylic acids is 1. The van der Waals surface area contributed by atoms with Gasteiger partial charge in [0.2, 0.25) is 0 Å². The molecule has 0 aromatic carbocycles. The van der Waals surface area contributed by atoms with Crippen LogP contribution in [0.3, 0.4) is 0 Å². The van der Waals surface area contributed by atoms with Crippen molar-refractivity contribution in [2.75, 3.05) is 47.3 Å². The van der Waals surface area contributed by atoms with Crippen molar-refractivity contribution in [3.63, 3.8) is 0 Å². The summed E-state index contributed by atoms with van der Waals surface area (Å²) in [7, 11) is 5.91. The number of nitrogens with one attached hydrogen (secondary N) is 2. The maximum absolute atomic E-state index is 12.1. The highest BCUT2D eigenvalue weighted by molar-refractivity contribution is 5.79. The molecule has 0 aliphatic heterocycles. The fourth-order valence-corrected chi connectivity index (χ4v) is 2.37. The normalized spacial score (nSPS) is 13.7. The van der Waals surface area contributed by atoms with E-state index in [9.17, 15) is 4.79 Å². The summed E-state index contributed by atoms with van der Waals surface area (Å²) < 4.78 is 5.38. The molecule has 0 heterocycles. The van der Waals surface area contributed by atoms with Crippen LogP contribution in [0.1, 0.15) is 48.0 Å². The Morgan fingerprint density at radius 3 is 2.27 bits per heavy atom. The monoisotopic (exact) mass is 371 g/mol. The standard InChI is InChI=1S/C19H41N5O2/c1-10-23(8)14-12-21-17(20-7)24(9)13-11-16(15(2)3)22-18(25)26-19(4,5)6/h15-16H,10-14H2,1-9H3,(H,20,21)(H,22,25). The number of rotatable bonds is 9. The van der Waals surface area contributed by atoms with Crippen LogP contribution in [0.25, 0.3) is 0 Å². The van der Waals surface area contributed by atoms with Crippen molar-refractivity contribution < 1.29 is 9.53 Å². The third-order valence-electron chi connectivity index (χ3n) is 4.17. The Kier molecular flexibility index (Phi) is 11.3. The minimum atomic E-state index is -0.486. The summed E-state index contributed by atoms with van der Waals surface area (Å²) in [6, 6.07) is 0.0524. The van der Waals surface area contributed by atoms with Crippen molar-refractivity contribution >= 4 is 12.1 Å². The fraction of sp³-hybridized carbons (Fsp3) is 0.895. The summed E-state index contributed by atoms with van der Waals surface area (Å²) >= 11 is 0. The SMILES string of the molecule is CCN(C)CCNC(=NC)N(C)CCC(NC(=O)OC(C)(C)C)C(C)C. The van der Waals surface area contributed by atoms with E-state index in [-0.39, 0.29) is 12.1 Å². The van der Waals surface area contributed by atoms with Gasteiger partial charge in [0.25, 0.3) is 0 Å². The zero-order valence-electron chi connectivity index (χ0n) is 18.3. The summed E-state index contributed by atoms with van der Waals surface area (Å²) in [6.07, 6.45) is 0.465. The van der Waals surface area contributed by atoms with Crippen LogP contribution in [-0.4, -0.2) is 80.8 Å². The molecule has 0 aliphatic rings. The predicted molar refractivity (Wildman–Crippen MR) is 110 cm³/mol. The molecular formula is C19H41N5O2. The molecule has 0 aromatic heterocycles. The molecule has 7 nitrogen and oxygen atoms in total. The van der Waals surface area contributed by atoms with E-state index in [2.05, 4.69) is 53.2 Å². The number of amides is 1. The molecule has 0 fully saturated rings. The van der Waals surface area contributed by atoms with Crippen LogP contribution in [0.2, 0.25) is 0 Å². The number of aliphatic imine (C=N–C) groups is 1. The van der Waals surface area contributed by atoms with Crippen molar-refractivity contribution in [2.24, 2.45) is 10.9 Å². The van der Waals surface area contributed by atoms with Crippen molar-refractivity contribution in [1.29, 1.82) is 0 Å². The Hall–Kier alpha value is -1.50. The second-order valence-electron chi connectivity index (χ2n) is 8.08. The molecule has 1 amide bonds. The molecular weight excluding hydrogens is 330 g/mol. The summed E-state index contributed by atoms with van der Waals surface area (Å²) in [5.41, 5.74) is -0.486. The van der Waals surface area contributed by atoms with Gasteiger partial charge in [-0.15, -0.1) is 0 Å². The topological polar surface area (TPSA) is 69.2 Å². The number of nitrogens with zero attached hydrogens (tertiary/aromatic N) is 3. The van der Waals surface area contributed by atoms with Crippen LogP contribution in [0.4, 0.5) is 4.79 Å². The van der Waals surface area contributed by atoms with E-state index in [1.807, 2.05) is 27.8 Å². The first-order chi connectivity index (χ1) is 12.0. The van der Waals surface area contributed by atoms with Crippen LogP contribution in [0, 0.1) is 5.92 Å². The van der Waals surface area contributed by atoms with Crippen LogP contribution in [-0.2, 0) is 4.74 Å². The first-order valence-corrected chi connectivity index (χ1v) is 9.60. The molecule has 0 saturated heterocycles. The van der Waals surface area contributed by atoms with E-state index in [0.29, 0.717) is 5.92 Å². The molecule has 0 bridgehead atoms. The van der Waals surface area contributed by atoms with Crippen LogP contribution in [0.5, 0.6) is 0 Å². The number of hydrogen-bond donors (Lipinski definition) is 2. The number of ether oxygens (including phenoxy) is 1. The molecule has 2 N–H and O–H groups in total. The number of guanidine groups is 1. The van der Waals surface area contributed by atoms with Crippen molar-refractivity contribution in [3.8, 4) is 0 Å². The van der Waals surface area contributed by atoms with E-state index < -0.39 is 5.60 Å². The Balaban J connectivity index is 4.50. The molecule has 0 rings (SSSR count). The summed E-state index contributed by atoms with van der Waals surface area (Å²) in [5, 5.41) is 6.38. The maximum atomic E-state index is 12.1. The smallest absolute Gasteiger partial charge is 0.407 e. The van der Waals surface area contributed by atoms with Crippen LogP contribution >= 0.6 is 0 Å². The number of carbonyl (C=O) groups is 1. The fourth-order valence-electron chi connectivity index (χ4n) is 2.37. The van der Waals surface area contributed by atoms with E-state index in [1.54, 1.807) is 7.05 Å². The highest BCUT2D eigenvalue weighted by atomic mass is 16.6. The van der Waals surface area contributed by atoms with Gasteiger partial charge in [0.05, 0.1) is 0 Å². The zero-order valence-corrected chi connectivity index (χ0v) is 18.3. The van der Waals surface area contributed by atoms with Gasteiger partial charge in [-0.1, -0.05) is 20.8 Å². The third-order valence-corrected chi connectivity index (χ3v) is 4.17. The van der Waals surface area contributed by atoms with Crippen molar-refractivity contribution in [3.05, 3.63) is 0 Å². The van der Waals surface area contributed by atoms with Crippen LogP contribution in [0.15, 0.2) is 4.99 Å². The van der Waals surface area contributed by atoms with Gasteiger partial charge in [0.1, 0.15) is 5.60 Å². The van der Waals surface area contributed by atoms with Gasteiger partial charge in [-0.2, -0.15) is 0 Å². The largest absolute Gasteiger partial charge is 0.444 e. The number of hydrogen-bond acceptors (Lipinski definition) is 4. The second-order valence-corrected chi connectivity index (χ2v) is 8.08. The van der Waals surface area contributed by atoms with Crippen molar-refractivity contribution in [1.82, 2.24) is 20.4 Å². The van der Waals surface area contributed by atoms with Gasteiger partial charge in [-0.05, 0) is 46.7 Å². The summed E-state index contributed by atoms with van der Waals surface area (Å²) in [6.45, 7) is 15.6. The highest BCUT2D eigenvalue weighted by Crippen LogP contribution is 2.11. The number of alkyl carbamates (subject to hydrolysis) is 1. The molecule has 0 aromatic rings. The van der Waals surface area contributed by atoms with Crippen molar-refractivity contribution in [2.45, 2.75) is 59.6 Å². The Morgan fingerprint density at radius 1 is 1.19 bits per heavy atom. The Labute approximate surface area is 160 Å². The van der Waals surface area contributed by atoms with Gasteiger partial charge in [0, 0.05) is 39.8 Å². The molecule has 1 unspecified atom stereocenters. The summed E-state index contributed by atoms with van der Waals surface area (Å²) in [5.74, 6) is 1.19. The number of likely N-dealkylation sites (N-methyl/N-ethyl adjacent to an activating group) is 1. The third kappa shape index (κ3) is 11.2. The lowest BCUT2D eigenvalue weighted by molar-refractivity contribution is 0.0486. The molecule has 0 radical (unpaired) electrons. The van der Waals surface area contributed by atoms with Gasteiger partial charge in [-0.3, -0.25) is 4.99 Å². The first-order valence-electron chi connectivity index (χ1n) is 9.60. The second kappa shape index (κ2) is 12.0. The van der Waals surface area contributed by atoms with Crippen LogP contribution < -0.4 is 10.6 Å². The zero-order chi connectivity index (χ0) is 20.3. The quantitative estimate of drug-likeness (QED) is 0.481. The maximum Gasteiger partial charge on any atom is 0.407 e. The Bertz CT molecular complexity index is 432. The minimum absolute atomic E-state index is 0.0524. The first kappa shape index (κ1) is 24.5. The van der Waals surface area contributed by atoms with Gasteiger partial charge < -0.3 is 25.2 Å². The average Bonchev–Trinajstić information content (AvgIpc) is 2.52. The molecule has 26 heavy (non-hydrogen) atoms. The van der Waals surface area contributed by atoms with Gasteiger partial charge >= 0.3 is 6.09 Å². The molecule has 0 saturated carbocycles. The van der Waals surface area contributed by atoms with Gasteiger partial charge in [-0.25, -0.2) is 4.79 Å². The molecule has 1 atom stereocenters. The van der Waals surface area contributed by atoms with E-state index >= 15 is 0 Å². The summed E-state index contributed by atoms with van der Waals surface area (Å²) in [4.78, 5) is 20.7. The lowest BCUT2D eigenvalue weighted by atomic mass is 10.0. The molecule has 7 heteroatoms. The molecule has 0 spiro atoms. The van der Waals surface area contributed by atoms with E-state index in [1.165, 1.54) is 0 Å². The molecule has 154 valence electrons. The van der Waals surface area contributed by atoms with E-state index in [4.69, 9.17) is 4.74 Å². The van der Waals surface area contributed by atoms with E-state index in [0.717, 1.165) is 38.6 Å².